The maximum absolute atomic E-state index is 4.65. The van der Waals surface area contributed by atoms with E-state index in [1.165, 1.54) is 0 Å². The highest BCUT2D eigenvalue weighted by atomic mass is 15.3. The number of nitrogens with zero attached hydrogens (tertiary/aromatic N) is 6. The van der Waals surface area contributed by atoms with Crippen molar-refractivity contribution in [2.45, 2.75) is 18.9 Å². The molecule has 1 aliphatic rings. The van der Waals surface area contributed by atoms with Crippen molar-refractivity contribution < 1.29 is 0 Å². The topological polar surface area (TPSA) is 58.0 Å². The maximum Gasteiger partial charge on any atom is 0.225 e. The van der Waals surface area contributed by atoms with E-state index in [0.717, 1.165) is 36.8 Å². The van der Waals surface area contributed by atoms with E-state index < -0.39 is 0 Å². The lowest BCUT2D eigenvalue weighted by molar-refractivity contribution is 0.682. The summed E-state index contributed by atoms with van der Waals surface area (Å²) in [6, 6.07) is 2.25. The van der Waals surface area contributed by atoms with E-state index in [-0.39, 0.29) is 6.04 Å². The van der Waals surface area contributed by atoms with Crippen molar-refractivity contribution >= 4 is 11.8 Å². The average molecular weight is 270 g/mol. The predicted octanol–water partition coefficient (Wildman–Crippen LogP) is 1.67. The normalized spacial score (nSPS) is 18.3. The standard InChI is InChI=1S/C14H18N6/c1-19(2)14-17-6-5-11(18-14)12-4-3-9-20(12)13-10-15-7-8-16-13/h5-8,10,12H,3-4,9H2,1-2H3/t12-/m1/s1. The van der Waals surface area contributed by atoms with Crippen LogP contribution in [-0.2, 0) is 0 Å². The van der Waals surface area contributed by atoms with Crippen molar-refractivity contribution in [2.24, 2.45) is 0 Å². The summed E-state index contributed by atoms with van der Waals surface area (Å²) in [5, 5.41) is 0. The van der Waals surface area contributed by atoms with E-state index in [9.17, 15) is 0 Å². The molecule has 2 aromatic rings. The number of hydrogen-bond donors (Lipinski definition) is 0. The van der Waals surface area contributed by atoms with Gasteiger partial charge in [-0.15, -0.1) is 0 Å². The SMILES string of the molecule is CN(C)c1nccc([C@H]2CCCN2c2cnccn2)n1. The molecular weight excluding hydrogens is 252 g/mol. The van der Waals surface area contributed by atoms with Gasteiger partial charge in [0.05, 0.1) is 17.9 Å². The van der Waals surface area contributed by atoms with Crippen LogP contribution in [0.5, 0.6) is 0 Å². The Morgan fingerprint density at radius 1 is 1.20 bits per heavy atom. The van der Waals surface area contributed by atoms with Gasteiger partial charge in [0.1, 0.15) is 5.82 Å². The molecule has 3 rings (SSSR count). The van der Waals surface area contributed by atoms with Gasteiger partial charge in [-0.1, -0.05) is 0 Å². The van der Waals surface area contributed by atoms with Crippen LogP contribution < -0.4 is 9.80 Å². The molecule has 1 saturated heterocycles. The molecule has 6 nitrogen and oxygen atoms in total. The molecule has 104 valence electrons. The van der Waals surface area contributed by atoms with Crippen molar-refractivity contribution in [2.75, 3.05) is 30.4 Å². The molecule has 6 heteroatoms. The molecule has 0 N–H and O–H groups in total. The van der Waals surface area contributed by atoms with Crippen LogP contribution >= 0.6 is 0 Å². The summed E-state index contributed by atoms with van der Waals surface area (Å²) in [7, 11) is 3.91. The molecule has 20 heavy (non-hydrogen) atoms. The first-order chi connectivity index (χ1) is 9.75. The fraction of sp³-hybridized carbons (Fsp3) is 0.429. The molecular formula is C14H18N6. The smallest absolute Gasteiger partial charge is 0.225 e. The van der Waals surface area contributed by atoms with Crippen molar-refractivity contribution in [3.63, 3.8) is 0 Å². The Labute approximate surface area is 118 Å². The van der Waals surface area contributed by atoms with Crippen molar-refractivity contribution in [3.05, 3.63) is 36.5 Å². The highest BCUT2D eigenvalue weighted by Gasteiger charge is 2.28. The minimum atomic E-state index is 0.258. The maximum atomic E-state index is 4.65. The summed E-state index contributed by atoms with van der Waals surface area (Å²) < 4.78 is 0. The Kier molecular flexibility index (Phi) is 3.45. The van der Waals surface area contributed by atoms with Gasteiger partial charge in [0.15, 0.2) is 0 Å². The van der Waals surface area contributed by atoms with Gasteiger partial charge in [-0.3, -0.25) is 4.98 Å². The van der Waals surface area contributed by atoms with Gasteiger partial charge in [0.25, 0.3) is 0 Å². The second-order valence-electron chi connectivity index (χ2n) is 5.09. The predicted molar refractivity (Wildman–Crippen MR) is 77.7 cm³/mol. The third-order valence-electron chi connectivity index (χ3n) is 3.50. The molecule has 1 fully saturated rings. The average Bonchev–Trinajstić information content (AvgIpc) is 2.98. The Balaban J connectivity index is 1.91. The summed E-state index contributed by atoms with van der Waals surface area (Å²) in [6.07, 6.45) is 9.29. The Morgan fingerprint density at radius 3 is 2.85 bits per heavy atom. The van der Waals surface area contributed by atoms with Crippen LogP contribution in [-0.4, -0.2) is 40.6 Å². The van der Waals surface area contributed by atoms with Gasteiger partial charge >= 0.3 is 0 Å². The molecule has 0 spiro atoms. The van der Waals surface area contributed by atoms with Gasteiger partial charge in [-0.2, -0.15) is 0 Å². The number of rotatable bonds is 3. The lowest BCUT2D eigenvalue weighted by atomic mass is 10.1. The van der Waals surface area contributed by atoms with Crippen LogP contribution in [0, 0.1) is 0 Å². The Bertz CT molecular complexity index is 571. The van der Waals surface area contributed by atoms with Crippen LogP contribution in [0.3, 0.4) is 0 Å². The molecule has 3 heterocycles. The van der Waals surface area contributed by atoms with E-state index in [0.29, 0.717) is 0 Å². The first-order valence-electron chi connectivity index (χ1n) is 6.78. The third-order valence-corrected chi connectivity index (χ3v) is 3.50. The largest absolute Gasteiger partial charge is 0.347 e. The van der Waals surface area contributed by atoms with Gasteiger partial charge in [0.2, 0.25) is 5.95 Å². The molecule has 0 unspecified atom stereocenters. The summed E-state index contributed by atoms with van der Waals surface area (Å²) in [4.78, 5) is 21.7. The fourth-order valence-electron chi connectivity index (χ4n) is 2.55. The highest BCUT2D eigenvalue weighted by Crippen LogP contribution is 2.34. The minimum Gasteiger partial charge on any atom is -0.347 e. The van der Waals surface area contributed by atoms with Crippen molar-refractivity contribution in [1.82, 2.24) is 19.9 Å². The number of hydrogen-bond acceptors (Lipinski definition) is 6. The Hall–Kier alpha value is -2.24. The molecule has 0 amide bonds. The molecule has 0 aromatic carbocycles. The van der Waals surface area contributed by atoms with Gasteiger partial charge in [0, 0.05) is 39.2 Å². The van der Waals surface area contributed by atoms with E-state index in [1.54, 1.807) is 12.4 Å². The summed E-state index contributed by atoms with van der Waals surface area (Å²) in [5.41, 5.74) is 1.05. The van der Waals surface area contributed by atoms with Gasteiger partial charge < -0.3 is 9.80 Å². The molecule has 0 saturated carbocycles. The van der Waals surface area contributed by atoms with E-state index in [4.69, 9.17) is 0 Å². The summed E-state index contributed by atoms with van der Waals surface area (Å²) in [5.74, 6) is 1.66. The monoisotopic (exact) mass is 270 g/mol. The zero-order chi connectivity index (χ0) is 13.9. The molecule has 0 radical (unpaired) electrons. The molecule has 2 aromatic heterocycles. The van der Waals surface area contributed by atoms with E-state index in [1.807, 2.05) is 37.5 Å². The fourth-order valence-corrected chi connectivity index (χ4v) is 2.55. The quantitative estimate of drug-likeness (QED) is 0.845. The molecule has 0 bridgehead atoms. The van der Waals surface area contributed by atoms with Crippen LogP contribution in [0.25, 0.3) is 0 Å². The van der Waals surface area contributed by atoms with Crippen LogP contribution in [0.1, 0.15) is 24.6 Å². The molecule has 1 aliphatic heterocycles. The van der Waals surface area contributed by atoms with Crippen LogP contribution in [0.4, 0.5) is 11.8 Å². The van der Waals surface area contributed by atoms with Crippen LogP contribution in [0.2, 0.25) is 0 Å². The Morgan fingerprint density at radius 2 is 2.10 bits per heavy atom. The molecule has 1 atom stereocenters. The first-order valence-corrected chi connectivity index (χ1v) is 6.78. The molecule has 0 aliphatic carbocycles. The zero-order valence-corrected chi connectivity index (χ0v) is 11.8. The van der Waals surface area contributed by atoms with Crippen molar-refractivity contribution in [1.29, 1.82) is 0 Å². The lowest BCUT2D eigenvalue weighted by Gasteiger charge is -2.25. The van der Waals surface area contributed by atoms with Crippen molar-refractivity contribution in [3.8, 4) is 0 Å². The summed E-state index contributed by atoms with van der Waals surface area (Å²) in [6.45, 7) is 0.991. The summed E-state index contributed by atoms with van der Waals surface area (Å²) >= 11 is 0. The number of aromatic nitrogens is 4. The first kappa shape index (κ1) is 12.8. The van der Waals surface area contributed by atoms with Gasteiger partial charge in [-0.25, -0.2) is 15.0 Å². The van der Waals surface area contributed by atoms with E-state index >= 15 is 0 Å². The third kappa shape index (κ3) is 2.41. The van der Waals surface area contributed by atoms with Crippen LogP contribution in [0.15, 0.2) is 30.9 Å². The van der Waals surface area contributed by atoms with E-state index in [2.05, 4.69) is 24.8 Å². The second kappa shape index (κ2) is 5.40. The van der Waals surface area contributed by atoms with Gasteiger partial charge in [-0.05, 0) is 18.9 Å². The number of anilines is 2. The second-order valence-corrected chi connectivity index (χ2v) is 5.09. The minimum absolute atomic E-state index is 0.258. The zero-order valence-electron chi connectivity index (χ0n) is 11.8. The highest BCUT2D eigenvalue weighted by molar-refractivity contribution is 5.41. The lowest BCUT2D eigenvalue weighted by Crippen LogP contribution is -2.25.